The minimum Gasteiger partial charge on any atom is -0.278 e. The minimum atomic E-state index is -0.576. The van der Waals surface area contributed by atoms with Crippen LogP contribution in [0.1, 0.15) is 25.8 Å². The van der Waals surface area contributed by atoms with Gasteiger partial charge in [-0.3, -0.25) is 19.6 Å². The molecule has 1 aromatic carbocycles. The molecule has 5 heteroatoms. The van der Waals surface area contributed by atoms with E-state index in [1.54, 1.807) is 6.20 Å². The topological polar surface area (TPSA) is 66.1 Å². The summed E-state index contributed by atoms with van der Waals surface area (Å²) in [6.45, 7) is 3.97. The van der Waals surface area contributed by atoms with E-state index in [-0.39, 0.29) is 18.2 Å². The lowest BCUT2D eigenvalue weighted by Gasteiger charge is -2.17. The van der Waals surface area contributed by atoms with Crippen molar-refractivity contribution in [2.75, 3.05) is 0 Å². The van der Waals surface area contributed by atoms with Crippen LogP contribution >= 0.6 is 0 Å². The minimum absolute atomic E-state index is 0.0925. The fraction of sp³-hybridized carbons (Fsp3) is 0.312. The number of benzene rings is 1. The third kappa shape index (κ3) is 2.46. The number of nitrogens with one attached hydrogen (secondary N) is 1. The van der Waals surface area contributed by atoms with Crippen molar-refractivity contribution in [1.82, 2.24) is 15.1 Å². The van der Waals surface area contributed by atoms with E-state index in [0.717, 1.165) is 16.8 Å². The summed E-state index contributed by atoms with van der Waals surface area (Å²) >= 11 is 0. The van der Waals surface area contributed by atoms with Gasteiger partial charge in [-0.25, -0.2) is 0 Å². The highest BCUT2D eigenvalue weighted by Gasteiger charge is 2.44. The maximum absolute atomic E-state index is 12.2. The second-order valence-corrected chi connectivity index (χ2v) is 6.01. The van der Waals surface area contributed by atoms with E-state index in [1.165, 1.54) is 4.90 Å². The van der Waals surface area contributed by atoms with Crippen LogP contribution in [0.25, 0.3) is 11.3 Å². The van der Waals surface area contributed by atoms with Gasteiger partial charge in [-0.15, -0.1) is 0 Å². The number of nitrogens with zero attached hydrogens (tertiary/aromatic N) is 2. The molecule has 1 aliphatic heterocycles. The first-order chi connectivity index (χ1) is 9.97. The Morgan fingerprint density at radius 2 is 1.90 bits per heavy atom. The Balaban J connectivity index is 1.77. The molecule has 5 nitrogen and oxygen atoms in total. The fourth-order valence-electron chi connectivity index (χ4n) is 2.58. The van der Waals surface area contributed by atoms with Crippen molar-refractivity contribution in [3.05, 3.63) is 42.1 Å². The van der Waals surface area contributed by atoms with Crippen molar-refractivity contribution in [3.63, 3.8) is 0 Å². The number of imide groups is 1. The smallest absolute Gasteiger partial charge is 0.235 e. The molecule has 1 aromatic heterocycles. The molecule has 108 valence electrons. The summed E-state index contributed by atoms with van der Waals surface area (Å²) in [7, 11) is 0. The standard InChI is InChI=1S/C16H17N3O2/c1-16(2)9-14(20)19(15(16)21)10-11-3-5-12(6-4-11)13-7-8-17-18-13/h3-8H,9-10H2,1-2H3,(H,17,18). The molecular formula is C16H17N3O2. The van der Waals surface area contributed by atoms with Gasteiger partial charge in [0.15, 0.2) is 0 Å². The zero-order valence-corrected chi connectivity index (χ0v) is 12.1. The Morgan fingerprint density at radius 3 is 2.43 bits per heavy atom. The van der Waals surface area contributed by atoms with Crippen molar-refractivity contribution >= 4 is 11.8 Å². The lowest BCUT2D eigenvalue weighted by atomic mass is 9.92. The van der Waals surface area contributed by atoms with Crippen LogP contribution in [-0.4, -0.2) is 26.9 Å². The van der Waals surface area contributed by atoms with Crippen LogP contribution in [0.5, 0.6) is 0 Å². The zero-order chi connectivity index (χ0) is 15.0. The molecule has 0 unspecified atom stereocenters. The molecule has 1 saturated heterocycles. The van der Waals surface area contributed by atoms with Crippen molar-refractivity contribution in [3.8, 4) is 11.3 Å². The lowest BCUT2D eigenvalue weighted by Crippen LogP contribution is -2.32. The summed E-state index contributed by atoms with van der Waals surface area (Å²) in [4.78, 5) is 25.5. The van der Waals surface area contributed by atoms with Crippen molar-refractivity contribution in [2.45, 2.75) is 26.8 Å². The number of hydrogen-bond acceptors (Lipinski definition) is 3. The second-order valence-electron chi connectivity index (χ2n) is 6.01. The molecule has 1 aliphatic rings. The number of rotatable bonds is 3. The van der Waals surface area contributed by atoms with E-state index in [4.69, 9.17) is 0 Å². The van der Waals surface area contributed by atoms with E-state index >= 15 is 0 Å². The van der Waals surface area contributed by atoms with E-state index in [2.05, 4.69) is 10.2 Å². The fourth-order valence-corrected chi connectivity index (χ4v) is 2.58. The monoisotopic (exact) mass is 283 g/mol. The Kier molecular flexibility index (Phi) is 3.12. The van der Waals surface area contributed by atoms with Gasteiger partial charge in [-0.05, 0) is 17.2 Å². The second kappa shape index (κ2) is 4.84. The third-order valence-electron chi connectivity index (χ3n) is 3.82. The van der Waals surface area contributed by atoms with Gasteiger partial charge in [0.1, 0.15) is 0 Å². The normalized spacial score (nSPS) is 17.5. The molecule has 1 N–H and O–H groups in total. The Hall–Kier alpha value is -2.43. The van der Waals surface area contributed by atoms with Gasteiger partial charge in [0.2, 0.25) is 11.8 Å². The van der Waals surface area contributed by atoms with Crippen LogP contribution in [-0.2, 0) is 16.1 Å². The molecule has 0 spiro atoms. The first kappa shape index (κ1) is 13.5. The molecule has 2 aromatic rings. The molecule has 21 heavy (non-hydrogen) atoms. The maximum atomic E-state index is 12.2. The summed E-state index contributed by atoms with van der Waals surface area (Å²) in [5.74, 6) is -0.187. The summed E-state index contributed by atoms with van der Waals surface area (Å²) < 4.78 is 0. The average molecular weight is 283 g/mol. The first-order valence-corrected chi connectivity index (χ1v) is 6.91. The van der Waals surface area contributed by atoms with Crippen LogP contribution in [0.3, 0.4) is 0 Å². The summed E-state index contributed by atoms with van der Waals surface area (Å²) in [6.07, 6.45) is 1.99. The molecule has 0 aliphatic carbocycles. The van der Waals surface area contributed by atoms with Crippen molar-refractivity contribution in [2.24, 2.45) is 5.41 Å². The van der Waals surface area contributed by atoms with Gasteiger partial charge >= 0.3 is 0 Å². The van der Waals surface area contributed by atoms with Gasteiger partial charge in [0, 0.05) is 12.6 Å². The molecular weight excluding hydrogens is 266 g/mol. The van der Waals surface area contributed by atoms with Gasteiger partial charge in [-0.1, -0.05) is 38.1 Å². The summed E-state index contributed by atoms with van der Waals surface area (Å²) in [5, 5.41) is 6.82. The number of likely N-dealkylation sites (tertiary alicyclic amines) is 1. The highest BCUT2D eigenvalue weighted by atomic mass is 16.2. The SMILES string of the molecule is CC1(C)CC(=O)N(Cc2ccc(-c3ccn[nH]3)cc2)C1=O. The lowest BCUT2D eigenvalue weighted by molar-refractivity contribution is -0.141. The number of H-pyrrole nitrogens is 1. The van der Waals surface area contributed by atoms with Gasteiger partial charge in [0.25, 0.3) is 0 Å². The van der Waals surface area contributed by atoms with Gasteiger partial charge in [-0.2, -0.15) is 5.10 Å². The maximum Gasteiger partial charge on any atom is 0.235 e. The highest BCUT2D eigenvalue weighted by molar-refractivity contribution is 6.05. The summed E-state index contributed by atoms with van der Waals surface area (Å²) in [5.41, 5.74) is 2.33. The predicted octanol–water partition coefficient (Wildman–Crippen LogP) is 2.36. The van der Waals surface area contributed by atoms with Crippen LogP contribution in [0.2, 0.25) is 0 Å². The molecule has 3 rings (SSSR count). The van der Waals surface area contributed by atoms with E-state index in [0.29, 0.717) is 6.54 Å². The molecule has 0 bridgehead atoms. The molecule has 1 fully saturated rings. The quantitative estimate of drug-likeness (QED) is 0.879. The Morgan fingerprint density at radius 1 is 1.19 bits per heavy atom. The van der Waals surface area contributed by atoms with Gasteiger partial charge in [0.05, 0.1) is 17.7 Å². The predicted molar refractivity (Wildman–Crippen MR) is 78.0 cm³/mol. The van der Waals surface area contributed by atoms with Crippen molar-refractivity contribution < 1.29 is 9.59 Å². The van der Waals surface area contributed by atoms with Crippen LogP contribution in [0.15, 0.2) is 36.5 Å². The molecule has 0 radical (unpaired) electrons. The molecule has 0 saturated carbocycles. The number of carbonyl (C=O) groups excluding carboxylic acids is 2. The van der Waals surface area contributed by atoms with E-state index < -0.39 is 5.41 Å². The molecule has 0 atom stereocenters. The molecule has 2 amide bonds. The molecule has 2 heterocycles. The number of carbonyl (C=O) groups is 2. The Bertz CT molecular complexity index is 672. The number of amides is 2. The Labute approximate surface area is 123 Å². The van der Waals surface area contributed by atoms with E-state index in [9.17, 15) is 9.59 Å². The van der Waals surface area contributed by atoms with Crippen LogP contribution in [0, 0.1) is 5.41 Å². The third-order valence-corrected chi connectivity index (χ3v) is 3.82. The zero-order valence-electron chi connectivity index (χ0n) is 12.1. The highest BCUT2D eigenvalue weighted by Crippen LogP contribution is 2.32. The van der Waals surface area contributed by atoms with Gasteiger partial charge < -0.3 is 0 Å². The first-order valence-electron chi connectivity index (χ1n) is 6.91. The van der Waals surface area contributed by atoms with E-state index in [1.807, 2.05) is 44.2 Å². The van der Waals surface area contributed by atoms with Crippen LogP contribution < -0.4 is 0 Å². The largest absolute Gasteiger partial charge is 0.278 e. The number of hydrogen-bond donors (Lipinski definition) is 1. The van der Waals surface area contributed by atoms with Crippen LogP contribution in [0.4, 0.5) is 0 Å². The summed E-state index contributed by atoms with van der Waals surface area (Å²) in [6, 6.07) is 9.67. The average Bonchev–Trinajstić information content (AvgIpc) is 3.03. The number of aromatic nitrogens is 2. The number of aromatic amines is 1. The van der Waals surface area contributed by atoms with Crippen molar-refractivity contribution in [1.29, 1.82) is 0 Å².